The third kappa shape index (κ3) is 2.41. The number of carbonyl (C=O) groups excluding carboxylic acids is 1. The molecule has 2 N–H and O–H groups in total. The van der Waals surface area contributed by atoms with Gasteiger partial charge in [0.1, 0.15) is 11.9 Å². The van der Waals surface area contributed by atoms with E-state index in [1.807, 2.05) is 44.2 Å². The summed E-state index contributed by atoms with van der Waals surface area (Å²) in [6.07, 6.45) is 1.50. The fourth-order valence-electron chi connectivity index (χ4n) is 2.66. The molecular weight excluding hydrogens is 310 g/mol. The van der Waals surface area contributed by atoms with Gasteiger partial charge in [-0.1, -0.05) is 12.1 Å². The molecule has 0 aliphatic carbocycles. The molecule has 2 aromatic heterocycles. The van der Waals surface area contributed by atoms with E-state index in [0.717, 1.165) is 32.7 Å². The molecule has 0 bridgehead atoms. The van der Waals surface area contributed by atoms with E-state index >= 15 is 0 Å². The Kier molecular flexibility index (Phi) is 3.20. The molecule has 3 aromatic rings. The minimum atomic E-state index is -0.279. The molecule has 4 rings (SSSR count). The minimum Gasteiger partial charge on any atom is -0.459 e. The Morgan fingerprint density at radius 1 is 1.17 bits per heavy atom. The Hall–Kier alpha value is -2.60. The first kappa shape index (κ1) is 14.0. The zero-order valence-corrected chi connectivity index (χ0v) is 13.5. The van der Waals surface area contributed by atoms with Crippen LogP contribution in [-0.4, -0.2) is 10.9 Å². The van der Waals surface area contributed by atoms with Crippen molar-refractivity contribution in [3.8, 4) is 10.8 Å². The van der Waals surface area contributed by atoms with Crippen LogP contribution >= 0.6 is 11.3 Å². The Bertz CT molecular complexity index is 897. The predicted molar refractivity (Wildman–Crippen MR) is 89.6 cm³/mol. The first-order chi connectivity index (χ1) is 11.1. The van der Waals surface area contributed by atoms with Gasteiger partial charge in [-0.25, -0.2) is 4.98 Å². The van der Waals surface area contributed by atoms with Gasteiger partial charge in [-0.2, -0.15) is 0 Å². The first-order valence-corrected chi connectivity index (χ1v) is 8.13. The van der Waals surface area contributed by atoms with E-state index in [1.54, 1.807) is 6.20 Å². The smallest absolute Gasteiger partial charge is 0.255 e. The van der Waals surface area contributed by atoms with Gasteiger partial charge in [0.2, 0.25) is 0 Å². The maximum absolute atomic E-state index is 12.3. The summed E-state index contributed by atoms with van der Waals surface area (Å²) in [7, 11) is 0. The second-order valence-corrected chi connectivity index (χ2v) is 6.59. The summed E-state index contributed by atoms with van der Waals surface area (Å²) in [4.78, 5) is 17.7. The number of thiazole rings is 1. The van der Waals surface area contributed by atoms with Crippen molar-refractivity contribution < 1.29 is 9.21 Å². The van der Waals surface area contributed by atoms with Gasteiger partial charge in [0.05, 0.1) is 16.1 Å². The van der Waals surface area contributed by atoms with Crippen LogP contribution in [0.2, 0.25) is 0 Å². The number of aromatic nitrogens is 1. The van der Waals surface area contributed by atoms with E-state index in [-0.39, 0.29) is 12.1 Å². The van der Waals surface area contributed by atoms with Crippen molar-refractivity contribution in [2.75, 3.05) is 5.32 Å². The Balaban J connectivity index is 1.66. The van der Waals surface area contributed by atoms with Gasteiger partial charge in [-0.15, -0.1) is 11.3 Å². The molecule has 1 aliphatic heterocycles. The molecule has 1 unspecified atom stereocenters. The monoisotopic (exact) mass is 325 g/mol. The first-order valence-electron chi connectivity index (χ1n) is 7.31. The Labute approximate surface area is 137 Å². The zero-order valence-electron chi connectivity index (χ0n) is 12.7. The highest BCUT2D eigenvalue weighted by atomic mass is 32.1. The summed E-state index contributed by atoms with van der Waals surface area (Å²) in [5.74, 6) is 1.53. The normalized spacial score (nSPS) is 16.6. The number of nitrogens with zero attached hydrogens (tertiary/aromatic N) is 1. The predicted octanol–water partition coefficient (Wildman–Crippen LogP) is 3.87. The van der Waals surface area contributed by atoms with Gasteiger partial charge in [-0.05, 0) is 37.6 Å². The number of rotatable bonds is 2. The molecule has 0 radical (unpaired) electrons. The highest BCUT2D eigenvalue weighted by Gasteiger charge is 2.27. The topological polar surface area (TPSA) is 67.2 Å². The maximum Gasteiger partial charge on any atom is 0.255 e. The van der Waals surface area contributed by atoms with Crippen molar-refractivity contribution in [3.05, 3.63) is 58.3 Å². The van der Waals surface area contributed by atoms with Gasteiger partial charge in [-0.3, -0.25) is 4.79 Å². The lowest BCUT2D eigenvalue weighted by Gasteiger charge is -2.28. The third-order valence-corrected chi connectivity index (χ3v) is 4.92. The highest BCUT2D eigenvalue weighted by Crippen LogP contribution is 2.34. The third-order valence-electron chi connectivity index (χ3n) is 3.84. The molecular formula is C17H15N3O2S. The molecule has 0 spiro atoms. The van der Waals surface area contributed by atoms with Crippen LogP contribution in [0.25, 0.3) is 10.8 Å². The van der Waals surface area contributed by atoms with Crippen molar-refractivity contribution >= 4 is 22.9 Å². The fourth-order valence-corrected chi connectivity index (χ4v) is 3.54. The average Bonchev–Trinajstić information content (AvgIpc) is 3.17. The number of fused-ring (bicyclic) bond motifs is 1. The van der Waals surface area contributed by atoms with E-state index in [4.69, 9.17) is 4.42 Å². The quantitative estimate of drug-likeness (QED) is 0.750. The van der Waals surface area contributed by atoms with Gasteiger partial charge >= 0.3 is 0 Å². The number of amides is 1. The lowest BCUT2D eigenvalue weighted by Crippen LogP contribution is -2.38. The molecule has 23 heavy (non-hydrogen) atoms. The largest absolute Gasteiger partial charge is 0.459 e. The fraction of sp³-hybridized carbons (Fsp3) is 0.176. The Morgan fingerprint density at radius 3 is 2.83 bits per heavy atom. The number of nitrogens with one attached hydrogen (secondary N) is 2. The minimum absolute atomic E-state index is 0.0729. The van der Waals surface area contributed by atoms with E-state index in [0.29, 0.717) is 5.56 Å². The molecule has 1 aliphatic rings. The van der Waals surface area contributed by atoms with Crippen LogP contribution in [-0.2, 0) is 0 Å². The van der Waals surface area contributed by atoms with Gasteiger partial charge in [0.15, 0.2) is 10.8 Å². The summed E-state index contributed by atoms with van der Waals surface area (Å²) in [5.41, 5.74) is 2.60. The van der Waals surface area contributed by atoms with Crippen LogP contribution in [0.1, 0.15) is 32.7 Å². The Morgan fingerprint density at radius 2 is 2.04 bits per heavy atom. The van der Waals surface area contributed by atoms with Crippen LogP contribution in [0.15, 0.2) is 40.9 Å². The van der Waals surface area contributed by atoms with Crippen LogP contribution in [0.3, 0.4) is 0 Å². The number of para-hydroxylation sites is 1. The number of anilines is 1. The van der Waals surface area contributed by atoms with Gasteiger partial charge in [0.25, 0.3) is 5.91 Å². The van der Waals surface area contributed by atoms with Crippen molar-refractivity contribution in [1.82, 2.24) is 10.3 Å². The van der Waals surface area contributed by atoms with E-state index in [9.17, 15) is 4.79 Å². The number of aryl methyl sites for hydroxylation is 2. The molecule has 1 atom stereocenters. The van der Waals surface area contributed by atoms with Crippen molar-refractivity contribution in [1.29, 1.82) is 0 Å². The summed E-state index contributed by atoms with van der Waals surface area (Å²) < 4.78 is 5.61. The molecule has 1 amide bonds. The number of furan rings is 1. The molecule has 6 heteroatoms. The summed E-state index contributed by atoms with van der Waals surface area (Å²) in [6.45, 7) is 3.89. The van der Waals surface area contributed by atoms with Crippen LogP contribution in [0, 0.1) is 13.8 Å². The second kappa shape index (κ2) is 5.24. The lowest BCUT2D eigenvalue weighted by atomic mass is 10.0. The molecule has 5 nitrogen and oxygen atoms in total. The SMILES string of the molecule is Cc1ccc(-c2ncc(C3NC(=O)c4cccc(C)c4N3)s2)o1. The highest BCUT2D eigenvalue weighted by molar-refractivity contribution is 7.15. The molecule has 3 heterocycles. The van der Waals surface area contributed by atoms with Crippen molar-refractivity contribution in [2.24, 2.45) is 0 Å². The molecule has 0 fully saturated rings. The van der Waals surface area contributed by atoms with Crippen LogP contribution in [0.5, 0.6) is 0 Å². The number of carbonyl (C=O) groups is 1. The van der Waals surface area contributed by atoms with Crippen molar-refractivity contribution in [3.63, 3.8) is 0 Å². The van der Waals surface area contributed by atoms with Crippen LogP contribution < -0.4 is 10.6 Å². The summed E-state index contributed by atoms with van der Waals surface area (Å²) in [6, 6.07) is 9.52. The lowest BCUT2D eigenvalue weighted by molar-refractivity contribution is 0.0936. The van der Waals surface area contributed by atoms with Gasteiger partial charge in [0, 0.05) is 6.20 Å². The zero-order chi connectivity index (χ0) is 16.0. The van der Waals surface area contributed by atoms with E-state index in [1.165, 1.54) is 11.3 Å². The number of hydrogen-bond donors (Lipinski definition) is 2. The molecule has 0 saturated heterocycles. The van der Waals surface area contributed by atoms with Crippen molar-refractivity contribution in [2.45, 2.75) is 20.0 Å². The van der Waals surface area contributed by atoms with Gasteiger partial charge < -0.3 is 15.1 Å². The average molecular weight is 325 g/mol. The second-order valence-electron chi connectivity index (χ2n) is 5.53. The standard InChI is InChI=1S/C17H15N3O2S/c1-9-4-3-5-11-14(9)19-15(20-16(11)21)13-8-18-17(23-13)12-7-6-10(2)22-12/h3-8,15,19H,1-2H3,(H,20,21). The summed E-state index contributed by atoms with van der Waals surface area (Å²) in [5, 5.41) is 7.17. The number of hydrogen-bond acceptors (Lipinski definition) is 5. The molecule has 0 saturated carbocycles. The molecule has 1 aromatic carbocycles. The summed E-state index contributed by atoms with van der Waals surface area (Å²) >= 11 is 1.51. The van der Waals surface area contributed by atoms with Crippen LogP contribution in [0.4, 0.5) is 5.69 Å². The van der Waals surface area contributed by atoms with E-state index in [2.05, 4.69) is 15.6 Å². The molecule has 116 valence electrons. The maximum atomic E-state index is 12.3. The number of benzene rings is 1. The van der Waals surface area contributed by atoms with E-state index < -0.39 is 0 Å².